The van der Waals surface area contributed by atoms with Crippen LogP contribution in [-0.4, -0.2) is 42.0 Å². The zero-order valence-corrected chi connectivity index (χ0v) is 14.6. The summed E-state index contributed by atoms with van der Waals surface area (Å²) in [6.45, 7) is 1.62. The van der Waals surface area contributed by atoms with Gasteiger partial charge in [0.1, 0.15) is 18.7 Å². The van der Waals surface area contributed by atoms with E-state index in [0.29, 0.717) is 12.2 Å². The molecule has 0 spiro atoms. The van der Waals surface area contributed by atoms with Crippen molar-refractivity contribution >= 4 is 29.7 Å². The van der Waals surface area contributed by atoms with Gasteiger partial charge in [-0.05, 0) is 30.9 Å². The molecule has 0 fully saturated rings. The number of benzene rings is 1. The maximum Gasteiger partial charge on any atom is 0.408 e. The van der Waals surface area contributed by atoms with Crippen molar-refractivity contribution in [2.24, 2.45) is 5.73 Å². The topological polar surface area (TPSA) is 111 Å². The van der Waals surface area contributed by atoms with E-state index >= 15 is 0 Å². The molecule has 7 nitrogen and oxygen atoms in total. The highest BCUT2D eigenvalue weighted by Crippen LogP contribution is 2.02. The van der Waals surface area contributed by atoms with Gasteiger partial charge in [0.2, 0.25) is 11.8 Å². The van der Waals surface area contributed by atoms with Crippen LogP contribution in [0.25, 0.3) is 0 Å². The van der Waals surface area contributed by atoms with Crippen molar-refractivity contribution in [3.63, 3.8) is 0 Å². The molecule has 0 heterocycles. The van der Waals surface area contributed by atoms with Gasteiger partial charge in [-0.1, -0.05) is 30.3 Å². The Bertz CT molecular complexity index is 554. The van der Waals surface area contributed by atoms with Gasteiger partial charge in [-0.2, -0.15) is 11.8 Å². The third kappa shape index (κ3) is 7.36. The number of thioether (sulfide) groups is 1. The Morgan fingerprint density at radius 3 is 2.46 bits per heavy atom. The molecular weight excluding hydrogens is 330 g/mol. The molecule has 0 aromatic heterocycles. The Morgan fingerprint density at radius 1 is 1.21 bits per heavy atom. The predicted molar refractivity (Wildman–Crippen MR) is 93.3 cm³/mol. The number of hydrogen-bond donors (Lipinski definition) is 3. The quantitative estimate of drug-likeness (QED) is 0.614. The summed E-state index contributed by atoms with van der Waals surface area (Å²) in [6.07, 6.45) is 1.63. The van der Waals surface area contributed by atoms with Crippen molar-refractivity contribution in [2.45, 2.75) is 32.0 Å². The van der Waals surface area contributed by atoms with Crippen molar-refractivity contribution in [1.29, 1.82) is 0 Å². The van der Waals surface area contributed by atoms with Gasteiger partial charge in [-0.3, -0.25) is 9.59 Å². The fraction of sp³-hybridized carbons (Fsp3) is 0.438. The van der Waals surface area contributed by atoms with Gasteiger partial charge in [0.25, 0.3) is 0 Å². The number of carbonyl (C=O) groups excluding carboxylic acids is 3. The normalized spacial score (nSPS) is 12.8. The first-order chi connectivity index (χ1) is 11.4. The smallest absolute Gasteiger partial charge is 0.408 e. The first-order valence-corrected chi connectivity index (χ1v) is 8.89. The van der Waals surface area contributed by atoms with E-state index < -0.39 is 30.0 Å². The summed E-state index contributed by atoms with van der Waals surface area (Å²) in [6, 6.07) is 7.59. The van der Waals surface area contributed by atoms with Crippen molar-refractivity contribution in [3.8, 4) is 0 Å². The second-order valence-corrected chi connectivity index (χ2v) is 6.16. The summed E-state index contributed by atoms with van der Waals surface area (Å²) >= 11 is 1.55. The number of amides is 3. The first kappa shape index (κ1) is 19.8. The molecule has 132 valence electrons. The Kier molecular flexibility index (Phi) is 8.70. The summed E-state index contributed by atoms with van der Waals surface area (Å²) in [5.41, 5.74) is 6.11. The predicted octanol–water partition coefficient (Wildman–Crippen LogP) is 1.02. The average molecular weight is 353 g/mol. The van der Waals surface area contributed by atoms with Crippen LogP contribution in [0.1, 0.15) is 18.9 Å². The van der Waals surface area contributed by atoms with E-state index in [4.69, 9.17) is 10.5 Å². The lowest BCUT2D eigenvalue weighted by molar-refractivity contribution is -0.128. The average Bonchev–Trinajstić information content (AvgIpc) is 2.57. The number of nitrogens with one attached hydrogen (secondary N) is 2. The van der Waals surface area contributed by atoms with Crippen molar-refractivity contribution in [3.05, 3.63) is 35.9 Å². The van der Waals surface area contributed by atoms with Crippen LogP contribution < -0.4 is 16.4 Å². The number of nitrogens with two attached hydrogens (primary N) is 1. The summed E-state index contributed by atoms with van der Waals surface area (Å²) in [7, 11) is 0. The first-order valence-electron chi connectivity index (χ1n) is 7.50. The number of primary amides is 1. The largest absolute Gasteiger partial charge is 0.445 e. The molecule has 0 aliphatic carbocycles. The van der Waals surface area contributed by atoms with Crippen LogP contribution in [0.2, 0.25) is 0 Å². The highest BCUT2D eigenvalue weighted by Gasteiger charge is 2.22. The minimum absolute atomic E-state index is 0.110. The lowest BCUT2D eigenvalue weighted by atomic mass is 10.2. The molecule has 2 atom stereocenters. The third-order valence-electron chi connectivity index (χ3n) is 3.21. The molecule has 0 unspecified atom stereocenters. The van der Waals surface area contributed by atoms with E-state index in [-0.39, 0.29) is 6.61 Å². The Balaban J connectivity index is 2.41. The summed E-state index contributed by atoms with van der Waals surface area (Å²) < 4.78 is 5.04. The maximum atomic E-state index is 12.0. The summed E-state index contributed by atoms with van der Waals surface area (Å²) in [5, 5.41) is 4.95. The molecule has 0 aliphatic rings. The minimum atomic E-state index is -0.843. The van der Waals surface area contributed by atoms with Gasteiger partial charge in [0, 0.05) is 0 Å². The molecule has 3 amide bonds. The SMILES string of the molecule is CSCC[C@@H](NC(=O)[C@H](C)NC(=O)OCc1ccccc1)C(N)=O. The van der Waals surface area contributed by atoms with Crippen LogP contribution in [0.5, 0.6) is 0 Å². The number of ether oxygens (including phenoxy) is 1. The van der Waals surface area contributed by atoms with Gasteiger partial charge >= 0.3 is 6.09 Å². The van der Waals surface area contributed by atoms with Gasteiger partial charge < -0.3 is 21.1 Å². The third-order valence-corrected chi connectivity index (χ3v) is 3.85. The van der Waals surface area contributed by atoms with E-state index in [2.05, 4.69) is 10.6 Å². The van der Waals surface area contributed by atoms with Crippen LogP contribution in [0.3, 0.4) is 0 Å². The number of hydrogen-bond acceptors (Lipinski definition) is 5. The van der Waals surface area contributed by atoms with Gasteiger partial charge in [0.15, 0.2) is 0 Å². The van der Waals surface area contributed by atoms with Crippen LogP contribution in [-0.2, 0) is 20.9 Å². The monoisotopic (exact) mass is 353 g/mol. The molecule has 8 heteroatoms. The van der Waals surface area contributed by atoms with E-state index in [1.165, 1.54) is 6.92 Å². The lowest BCUT2D eigenvalue weighted by Gasteiger charge is -2.19. The van der Waals surface area contributed by atoms with E-state index in [1.54, 1.807) is 11.8 Å². The molecule has 1 aromatic rings. The highest BCUT2D eigenvalue weighted by molar-refractivity contribution is 7.98. The highest BCUT2D eigenvalue weighted by atomic mass is 32.2. The van der Waals surface area contributed by atoms with Crippen molar-refractivity contribution in [2.75, 3.05) is 12.0 Å². The Morgan fingerprint density at radius 2 is 1.88 bits per heavy atom. The molecule has 24 heavy (non-hydrogen) atoms. The molecule has 1 rings (SSSR count). The fourth-order valence-corrected chi connectivity index (χ4v) is 2.30. The van der Waals surface area contributed by atoms with Crippen molar-refractivity contribution < 1.29 is 19.1 Å². The van der Waals surface area contributed by atoms with Crippen LogP contribution in [0.4, 0.5) is 4.79 Å². The molecule has 4 N–H and O–H groups in total. The Labute approximate surface area is 145 Å². The van der Waals surface area contributed by atoms with Gasteiger partial charge in [-0.25, -0.2) is 4.79 Å². The van der Waals surface area contributed by atoms with Crippen molar-refractivity contribution in [1.82, 2.24) is 10.6 Å². The lowest BCUT2D eigenvalue weighted by Crippen LogP contribution is -2.52. The number of alkyl carbamates (subject to hydrolysis) is 1. The van der Waals surface area contributed by atoms with Crippen LogP contribution in [0, 0.1) is 0 Å². The molecule has 0 aliphatic heterocycles. The fourth-order valence-electron chi connectivity index (χ4n) is 1.83. The van der Waals surface area contributed by atoms with Gasteiger partial charge in [-0.15, -0.1) is 0 Å². The molecule has 0 bridgehead atoms. The molecule has 0 saturated heterocycles. The standard InChI is InChI=1S/C16H23N3O4S/c1-11(15(21)19-13(14(17)20)8-9-24-2)18-16(22)23-10-12-6-4-3-5-7-12/h3-7,11,13H,8-10H2,1-2H3,(H2,17,20)(H,18,22)(H,19,21)/t11-,13+/m0/s1. The Hall–Kier alpha value is -2.22. The number of rotatable bonds is 9. The maximum absolute atomic E-state index is 12.0. The zero-order chi connectivity index (χ0) is 17.9. The van der Waals surface area contributed by atoms with E-state index in [1.807, 2.05) is 36.6 Å². The van der Waals surface area contributed by atoms with Crippen LogP contribution in [0.15, 0.2) is 30.3 Å². The second-order valence-electron chi connectivity index (χ2n) is 5.17. The summed E-state index contributed by atoms with van der Waals surface area (Å²) in [5.74, 6) is -0.401. The van der Waals surface area contributed by atoms with E-state index in [9.17, 15) is 14.4 Å². The molecule has 0 saturated carbocycles. The zero-order valence-electron chi connectivity index (χ0n) is 13.8. The second kappa shape index (κ2) is 10.5. The summed E-state index contributed by atoms with van der Waals surface area (Å²) in [4.78, 5) is 35.1. The molecular formula is C16H23N3O4S. The van der Waals surface area contributed by atoms with Gasteiger partial charge in [0.05, 0.1) is 0 Å². The van der Waals surface area contributed by atoms with Crippen LogP contribution >= 0.6 is 11.8 Å². The molecule has 0 radical (unpaired) electrons. The minimum Gasteiger partial charge on any atom is -0.445 e. The van der Waals surface area contributed by atoms with E-state index in [0.717, 1.165) is 5.56 Å². The molecule has 1 aromatic carbocycles. The number of carbonyl (C=O) groups is 3.